The van der Waals surface area contributed by atoms with Gasteiger partial charge in [-0.15, -0.1) is 0 Å². The maximum absolute atomic E-state index is 4.81. The zero-order chi connectivity index (χ0) is 44.4. The van der Waals surface area contributed by atoms with Gasteiger partial charge < -0.3 is 4.90 Å². The quantitative estimate of drug-likeness (QED) is 0.147. The number of fused-ring (bicyclic) bond motifs is 2. The molecule has 3 aliphatic rings. The molecule has 1 atom stereocenters. The van der Waals surface area contributed by atoms with Crippen molar-refractivity contribution in [2.75, 3.05) is 4.90 Å². The van der Waals surface area contributed by atoms with Crippen LogP contribution in [0.4, 0.5) is 5.69 Å². The fraction of sp³-hybridized carbons (Fsp3) is 0.267. The van der Waals surface area contributed by atoms with Crippen LogP contribution in [0, 0.1) is 0 Å². The molecule has 0 saturated heterocycles. The third-order valence-corrected chi connectivity index (χ3v) is 11.4. The normalized spacial score (nSPS) is 19.9. The summed E-state index contributed by atoms with van der Waals surface area (Å²) in [5.74, 6) is 0.522. The number of hydrogen-bond donors (Lipinski definition) is 0. The Labute approximate surface area is 371 Å². The Hall–Kier alpha value is -5.92. The molecular formula is C60H71N. The fourth-order valence-corrected chi connectivity index (χ4v) is 8.46. The largest absolute Gasteiger partial charge is 0.311 e. The van der Waals surface area contributed by atoms with E-state index in [9.17, 15) is 0 Å². The van der Waals surface area contributed by atoms with E-state index in [0.717, 1.165) is 47.5 Å². The van der Waals surface area contributed by atoms with Crippen molar-refractivity contribution in [2.24, 2.45) is 0 Å². The molecule has 1 saturated carbocycles. The third-order valence-electron chi connectivity index (χ3n) is 11.4. The fourth-order valence-electron chi connectivity index (χ4n) is 8.46. The molecule has 61 heavy (non-hydrogen) atoms. The topological polar surface area (TPSA) is 3.24 Å². The molecule has 3 aromatic carbocycles. The van der Waals surface area contributed by atoms with Gasteiger partial charge in [0.2, 0.25) is 0 Å². The molecule has 3 aliphatic carbocycles. The van der Waals surface area contributed by atoms with E-state index < -0.39 is 5.41 Å². The van der Waals surface area contributed by atoms with Crippen molar-refractivity contribution in [3.63, 3.8) is 0 Å². The SMILES string of the molecule is C=CC1=C(C=C)C2(/C=C(/C=C\C(=C/C)N(C(/C=C\C)=C/C)c3ccc(-c4ccccc4)cc3)C/C=C\C=C/C2=C)c2ccc(C(/C=C\CCC)=C\C)c(C3CC3)c21.CC.CC. The van der Waals surface area contributed by atoms with Gasteiger partial charge in [-0.1, -0.05) is 200 Å². The van der Waals surface area contributed by atoms with Crippen LogP contribution in [0.15, 0.2) is 212 Å². The van der Waals surface area contributed by atoms with Crippen LogP contribution in [0.5, 0.6) is 0 Å². The maximum Gasteiger partial charge on any atom is 0.0644 e. The van der Waals surface area contributed by atoms with Gasteiger partial charge in [0.15, 0.2) is 0 Å². The minimum absolute atomic E-state index is 0.522. The van der Waals surface area contributed by atoms with E-state index in [1.165, 1.54) is 62.9 Å². The first-order valence-corrected chi connectivity index (χ1v) is 22.7. The molecule has 3 aromatic rings. The van der Waals surface area contributed by atoms with Gasteiger partial charge in [-0.05, 0) is 145 Å². The lowest BCUT2D eigenvalue weighted by molar-refractivity contribution is 0.789. The van der Waals surface area contributed by atoms with Crippen LogP contribution in [-0.4, -0.2) is 0 Å². The number of unbranched alkanes of at least 4 members (excludes halogenated alkanes) is 1. The van der Waals surface area contributed by atoms with E-state index in [0.29, 0.717) is 5.92 Å². The van der Waals surface area contributed by atoms with Crippen molar-refractivity contribution in [3.05, 3.63) is 234 Å². The zero-order valence-corrected chi connectivity index (χ0v) is 38.8. The molecule has 0 aliphatic heterocycles. The van der Waals surface area contributed by atoms with Gasteiger partial charge in [0.05, 0.1) is 5.41 Å². The van der Waals surface area contributed by atoms with Crippen molar-refractivity contribution in [2.45, 2.75) is 106 Å². The van der Waals surface area contributed by atoms with Crippen LogP contribution >= 0.6 is 0 Å². The van der Waals surface area contributed by atoms with Crippen LogP contribution in [-0.2, 0) is 5.41 Å². The summed E-state index contributed by atoms with van der Waals surface area (Å²) < 4.78 is 0. The predicted octanol–water partition coefficient (Wildman–Crippen LogP) is 17.9. The molecule has 1 heteroatoms. The average molecular weight is 806 g/mol. The van der Waals surface area contributed by atoms with E-state index in [-0.39, 0.29) is 0 Å². The molecule has 0 aromatic heterocycles. The monoisotopic (exact) mass is 806 g/mol. The minimum atomic E-state index is -0.610. The van der Waals surface area contributed by atoms with E-state index in [2.05, 4.69) is 217 Å². The van der Waals surface area contributed by atoms with E-state index in [1.807, 2.05) is 27.7 Å². The Kier molecular flexibility index (Phi) is 18.6. The highest BCUT2D eigenvalue weighted by Gasteiger charge is 2.46. The Morgan fingerprint density at radius 1 is 0.770 bits per heavy atom. The minimum Gasteiger partial charge on any atom is -0.311 e. The van der Waals surface area contributed by atoms with E-state index in [4.69, 9.17) is 6.58 Å². The lowest BCUT2D eigenvalue weighted by atomic mass is 9.69. The first-order valence-electron chi connectivity index (χ1n) is 22.7. The van der Waals surface area contributed by atoms with Gasteiger partial charge in [0, 0.05) is 17.1 Å². The van der Waals surface area contributed by atoms with Crippen LogP contribution < -0.4 is 4.90 Å². The predicted molar refractivity (Wildman–Crippen MR) is 274 cm³/mol. The summed E-state index contributed by atoms with van der Waals surface area (Å²) in [6.45, 7) is 32.4. The summed E-state index contributed by atoms with van der Waals surface area (Å²) in [7, 11) is 0. The number of anilines is 1. The second-order valence-electron chi connectivity index (χ2n) is 14.9. The highest BCUT2D eigenvalue weighted by Crippen LogP contribution is 2.58. The molecule has 316 valence electrons. The highest BCUT2D eigenvalue weighted by atomic mass is 15.1. The van der Waals surface area contributed by atoms with Crippen molar-refractivity contribution in [1.82, 2.24) is 0 Å². The smallest absolute Gasteiger partial charge is 0.0644 e. The molecule has 1 spiro atoms. The van der Waals surface area contributed by atoms with Gasteiger partial charge in [0.1, 0.15) is 0 Å². The number of benzene rings is 3. The second kappa shape index (κ2) is 23.8. The Balaban J connectivity index is 0.00000199. The zero-order valence-electron chi connectivity index (χ0n) is 38.8. The highest BCUT2D eigenvalue weighted by molar-refractivity contribution is 5.95. The second-order valence-corrected chi connectivity index (χ2v) is 14.9. The standard InChI is InChI=1S/C56H59N.2C2H6/c1-9-16-19-27-43(11-3)51-38-39-53-55(54(51)46-31-32-46)50(14-6)52(15-7)56(53)40-42(26-21-17-20-25-41(56)8)30-35-48(13-5)57(47(12-4)24-10-2)49-36-33-45(34-37-49)44-28-22-18-23-29-44;2*1-2/h10-15,17-25,27-30,33-40,46H,6-9,16,26,31-32H2,1-5H3;2*1-2H3/b21-17-,24-10-,25-20-,27-19-,35-30-,42-40+,43-11-,47-12+,48-13+;;. The van der Waals surface area contributed by atoms with Crippen LogP contribution in [0.3, 0.4) is 0 Å². The van der Waals surface area contributed by atoms with Crippen LogP contribution in [0.1, 0.15) is 123 Å². The van der Waals surface area contributed by atoms with Crippen LogP contribution in [0.25, 0.3) is 22.3 Å². The number of nitrogens with zero attached hydrogens (tertiary/aromatic N) is 1. The Morgan fingerprint density at radius 2 is 1.44 bits per heavy atom. The van der Waals surface area contributed by atoms with Gasteiger partial charge in [-0.3, -0.25) is 0 Å². The van der Waals surface area contributed by atoms with Gasteiger partial charge in [0.25, 0.3) is 0 Å². The molecule has 1 fully saturated rings. The van der Waals surface area contributed by atoms with Gasteiger partial charge >= 0.3 is 0 Å². The Bertz CT molecular complexity index is 2300. The Morgan fingerprint density at radius 3 is 2.03 bits per heavy atom. The van der Waals surface area contributed by atoms with Crippen molar-refractivity contribution in [3.8, 4) is 11.1 Å². The number of rotatable bonds is 14. The number of hydrogen-bond acceptors (Lipinski definition) is 1. The molecule has 0 amide bonds. The van der Waals surface area contributed by atoms with Gasteiger partial charge in [-0.2, -0.15) is 0 Å². The summed E-state index contributed by atoms with van der Waals surface area (Å²) in [6.07, 6.45) is 40.8. The summed E-state index contributed by atoms with van der Waals surface area (Å²) in [5.41, 5.74) is 16.3. The molecular weight excluding hydrogens is 735 g/mol. The molecule has 6 rings (SSSR count). The first-order chi connectivity index (χ1) is 29.9. The molecule has 0 N–H and O–H groups in total. The van der Waals surface area contributed by atoms with Crippen molar-refractivity contribution >= 4 is 16.8 Å². The third kappa shape index (κ3) is 10.5. The lowest BCUT2D eigenvalue weighted by Gasteiger charge is -2.32. The number of allylic oxidation sites excluding steroid dienone is 21. The van der Waals surface area contributed by atoms with E-state index >= 15 is 0 Å². The average Bonchev–Trinajstić information content (AvgIpc) is 4.11. The molecule has 0 bridgehead atoms. The molecule has 1 nitrogen and oxygen atoms in total. The summed E-state index contributed by atoms with van der Waals surface area (Å²) in [4.78, 5) is 2.33. The van der Waals surface area contributed by atoms with E-state index in [1.54, 1.807) is 0 Å². The molecule has 1 unspecified atom stereocenters. The van der Waals surface area contributed by atoms with Crippen LogP contribution in [0.2, 0.25) is 0 Å². The molecule has 0 heterocycles. The lowest BCUT2D eigenvalue weighted by Crippen LogP contribution is -2.26. The summed E-state index contributed by atoms with van der Waals surface area (Å²) >= 11 is 0. The van der Waals surface area contributed by atoms with Gasteiger partial charge in [-0.25, -0.2) is 0 Å². The maximum atomic E-state index is 4.81. The molecule has 0 radical (unpaired) electrons. The summed E-state index contributed by atoms with van der Waals surface area (Å²) in [5, 5.41) is 0. The first kappa shape index (κ1) is 47.8. The van der Waals surface area contributed by atoms with Crippen molar-refractivity contribution in [1.29, 1.82) is 0 Å². The van der Waals surface area contributed by atoms with Crippen molar-refractivity contribution < 1.29 is 0 Å². The summed E-state index contributed by atoms with van der Waals surface area (Å²) in [6, 6.07) is 24.2.